The van der Waals surface area contributed by atoms with Crippen LogP contribution < -0.4 is 5.32 Å². The van der Waals surface area contributed by atoms with Crippen molar-refractivity contribution >= 4 is 11.6 Å². The molecule has 0 fully saturated rings. The monoisotopic (exact) mass is 270 g/mol. The van der Waals surface area contributed by atoms with Gasteiger partial charge in [-0.15, -0.1) is 0 Å². The molecule has 2 nitrogen and oxygen atoms in total. The van der Waals surface area contributed by atoms with Crippen LogP contribution in [0.3, 0.4) is 0 Å². The number of benzene rings is 2. The number of nitrogens with zero attached hydrogens (tertiary/aromatic N) is 1. The molecule has 0 amide bonds. The summed E-state index contributed by atoms with van der Waals surface area (Å²) in [6.45, 7) is 1.35. The molecule has 0 heterocycles. The molecule has 0 aromatic heterocycles. The van der Waals surface area contributed by atoms with Crippen molar-refractivity contribution in [3.63, 3.8) is 0 Å². The van der Waals surface area contributed by atoms with Crippen LogP contribution in [-0.2, 0) is 6.54 Å². The molecule has 0 spiro atoms. The molecule has 19 heavy (non-hydrogen) atoms. The summed E-state index contributed by atoms with van der Waals surface area (Å²) >= 11 is 5.93. The van der Waals surface area contributed by atoms with Gasteiger partial charge in [0.2, 0.25) is 0 Å². The van der Waals surface area contributed by atoms with Crippen LogP contribution in [0.1, 0.15) is 17.0 Å². The zero-order valence-electron chi connectivity index (χ0n) is 10.5. The van der Waals surface area contributed by atoms with Gasteiger partial charge in [0, 0.05) is 18.1 Å². The Balaban J connectivity index is 1.90. The van der Waals surface area contributed by atoms with E-state index in [1.165, 1.54) is 0 Å². The van der Waals surface area contributed by atoms with Crippen molar-refractivity contribution in [2.45, 2.75) is 12.5 Å². The minimum absolute atomic E-state index is 0.125. The molecule has 96 valence electrons. The molecule has 3 heteroatoms. The average molecular weight is 271 g/mol. The first-order chi connectivity index (χ1) is 9.29. The number of nitriles is 1. The fourth-order valence-corrected chi connectivity index (χ4v) is 2.14. The Morgan fingerprint density at radius 2 is 1.89 bits per heavy atom. The molecule has 0 bridgehead atoms. The van der Waals surface area contributed by atoms with Crippen molar-refractivity contribution in [1.82, 2.24) is 5.32 Å². The van der Waals surface area contributed by atoms with Gasteiger partial charge in [0.15, 0.2) is 0 Å². The number of hydrogen-bond acceptors (Lipinski definition) is 2. The summed E-state index contributed by atoms with van der Waals surface area (Å²) in [6, 6.07) is 19.9. The van der Waals surface area contributed by atoms with Gasteiger partial charge >= 0.3 is 0 Å². The maximum absolute atomic E-state index is 9.21. The number of rotatable bonds is 5. The molecule has 0 saturated carbocycles. The second kappa shape index (κ2) is 6.94. The molecule has 0 aliphatic carbocycles. The Kier molecular flexibility index (Phi) is 4.97. The normalized spacial score (nSPS) is 11.8. The van der Waals surface area contributed by atoms with Crippen molar-refractivity contribution in [3.05, 3.63) is 70.7 Å². The van der Waals surface area contributed by atoms with Gasteiger partial charge in [-0.1, -0.05) is 54.1 Å². The predicted octanol–water partition coefficient (Wildman–Crippen LogP) is 3.74. The predicted molar refractivity (Wildman–Crippen MR) is 78.0 cm³/mol. The summed E-state index contributed by atoms with van der Waals surface area (Å²) in [4.78, 5) is 0. The number of hydrogen-bond donors (Lipinski definition) is 1. The Labute approximate surface area is 118 Å². The Bertz CT molecular complexity index is 560. The molecular weight excluding hydrogens is 256 g/mol. The Morgan fingerprint density at radius 1 is 1.11 bits per heavy atom. The summed E-state index contributed by atoms with van der Waals surface area (Å²) in [6.07, 6.45) is 0. The first-order valence-corrected chi connectivity index (χ1v) is 6.57. The zero-order chi connectivity index (χ0) is 13.5. The highest BCUT2D eigenvalue weighted by molar-refractivity contribution is 6.30. The lowest BCUT2D eigenvalue weighted by atomic mass is 10.0. The summed E-state index contributed by atoms with van der Waals surface area (Å²) < 4.78 is 0. The smallest absolute Gasteiger partial charge is 0.0837 e. The molecule has 2 rings (SSSR count). The lowest BCUT2D eigenvalue weighted by Crippen LogP contribution is -2.20. The third kappa shape index (κ3) is 4.10. The molecule has 2 aromatic rings. The minimum atomic E-state index is -0.125. The highest BCUT2D eigenvalue weighted by atomic mass is 35.5. The van der Waals surface area contributed by atoms with E-state index in [0.717, 1.165) is 16.1 Å². The van der Waals surface area contributed by atoms with E-state index in [0.29, 0.717) is 13.1 Å². The second-order valence-corrected chi connectivity index (χ2v) is 4.79. The topological polar surface area (TPSA) is 35.8 Å². The van der Waals surface area contributed by atoms with Crippen LogP contribution in [-0.4, -0.2) is 6.54 Å². The largest absolute Gasteiger partial charge is 0.311 e. The van der Waals surface area contributed by atoms with Crippen LogP contribution in [0.5, 0.6) is 0 Å². The molecule has 0 radical (unpaired) electrons. The lowest BCUT2D eigenvalue weighted by molar-refractivity contribution is 0.652. The van der Waals surface area contributed by atoms with E-state index >= 15 is 0 Å². The van der Waals surface area contributed by atoms with Gasteiger partial charge in [0.25, 0.3) is 0 Å². The van der Waals surface area contributed by atoms with Crippen LogP contribution >= 0.6 is 11.6 Å². The summed E-state index contributed by atoms with van der Waals surface area (Å²) in [5.74, 6) is -0.125. The van der Waals surface area contributed by atoms with Crippen molar-refractivity contribution in [2.24, 2.45) is 0 Å². The highest BCUT2D eigenvalue weighted by Crippen LogP contribution is 2.14. The van der Waals surface area contributed by atoms with Crippen LogP contribution in [0, 0.1) is 11.3 Å². The number of nitrogens with one attached hydrogen (secondary N) is 1. The van der Waals surface area contributed by atoms with E-state index in [4.69, 9.17) is 11.6 Å². The van der Waals surface area contributed by atoms with Crippen LogP contribution in [0.15, 0.2) is 54.6 Å². The third-order valence-electron chi connectivity index (χ3n) is 2.92. The van der Waals surface area contributed by atoms with E-state index in [1.807, 2.05) is 54.6 Å². The summed E-state index contributed by atoms with van der Waals surface area (Å²) in [7, 11) is 0. The fraction of sp³-hybridized carbons (Fsp3) is 0.188. The minimum Gasteiger partial charge on any atom is -0.311 e. The van der Waals surface area contributed by atoms with Crippen molar-refractivity contribution in [2.75, 3.05) is 6.54 Å². The SMILES string of the molecule is N#CC(CNCc1cccc(Cl)c1)c1ccccc1. The third-order valence-corrected chi connectivity index (χ3v) is 3.16. The molecular formula is C16H15ClN2. The fourth-order valence-electron chi connectivity index (χ4n) is 1.93. The van der Waals surface area contributed by atoms with Crippen molar-refractivity contribution in [1.29, 1.82) is 5.26 Å². The van der Waals surface area contributed by atoms with Crippen molar-refractivity contribution < 1.29 is 0 Å². The first-order valence-electron chi connectivity index (χ1n) is 6.19. The van der Waals surface area contributed by atoms with Gasteiger partial charge in [-0.2, -0.15) is 5.26 Å². The molecule has 2 aromatic carbocycles. The van der Waals surface area contributed by atoms with Gasteiger partial charge in [-0.25, -0.2) is 0 Å². The van der Waals surface area contributed by atoms with Gasteiger partial charge in [0.05, 0.1) is 12.0 Å². The van der Waals surface area contributed by atoms with Crippen molar-refractivity contribution in [3.8, 4) is 6.07 Å². The molecule has 0 aliphatic rings. The highest BCUT2D eigenvalue weighted by Gasteiger charge is 2.09. The zero-order valence-corrected chi connectivity index (χ0v) is 11.3. The van der Waals surface area contributed by atoms with Gasteiger partial charge in [-0.05, 0) is 23.3 Å². The maximum Gasteiger partial charge on any atom is 0.0837 e. The molecule has 1 N–H and O–H groups in total. The van der Waals surface area contributed by atoms with Gasteiger partial charge < -0.3 is 5.32 Å². The van der Waals surface area contributed by atoms with E-state index in [9.17, 15) is 5.26 Å². The average Bonchev–Trinajstić information content (AvgIpc) is 2.45. The summed E-state index contributed by atoms with van der Waals surface area (Å²) in [5.41, 5.74) is 2.17. The molecule has 1 unspecified atom stereocenters. The molecule has 1 atom stereocenters. The Morgan fingerprint density at radius 3 is 2.58 bits per heavy atom. The van der Waals surface area contributed by atoms with Crippen LogP contribution in [0.4, 0.5) is 0 Å². The first kappa shape index (κ1) is 13.6. The van der Waals surface area contributed by atoms with E-state index in [1.54, 1.807) is 0 Å². The van der Waals surface area contributed by atoms with Crippen LogP contribution in [0.2, 0.25) is 5.02 Å². The maximum atomic E-state index is 9.21. The lowest BCUT2D eigenvalue weighted by Gasteiger charge is -2.11. The summed E-state index contributed by atoms with van der Waals surface area (Å²) in [5, 5.41) is 13.2. The number of halogens is 1. The van der Waals surface area contributed by atoms with Crippen LogP contribution in [0.25, 0.3) is 0 Å². The second-order valence-electron chi connectivity index (χ2n) is 4.35. The van der Waals surface area contributed by atoms with E-state index in [-0.39, 0.29) is 5.92 Å². The quantitative estimate of drug-likeness (QED) is 0.898. The van der Waals surface area contributed by atoms with Gasteiger partial charge in [-0.3, -0.25) is 0 Å². The van der Waals surface area contributed by atoms with E-state index < -0.39 is 0 Å². The standard InChI is InChI=1S/C16H15ClN2/c17-16-8-4-5-13(9-16)11-19-12-15(10-18)14-6-2-1-3-7-14/h1-9,15,19H,11-12H2. The molecule has 0 saturated heterocycles. The molecule has 0 aliphatic heterocycles. The Hall–Kier alpha value is -1.82. The van der Waals surface area contributed by atoms with Gasteiger partial charge in [0.1, 0.15) is 0 Å². The van der Waals surface area contributed by atoms with E-state index in [2.05, 4.69) is 11.4 Å².